The lowest BCUT2D eigenvalue weighted by molar-refractivity contribution is 1.24. The maximum Gasteiger partial charge on any atom is 0.257 e. The lowest BCUT2D eigenvalue weighted by atomic mass is 10.1. The lowest BCUT2D eigenvalue weighted by Gasteiger charge is -2.02. The highest BCUT2D eigenvalue weighted by molar-refractivity contribution is 5.81. The van der Waals surface area contributed by atoms with Gasteiger partial charge in [-0.15, -0.1) is 0 Å². The van der Waals surface area contributed by atoms with Gasteiger partial charge in [0.05, 0.1) is 16.6 Å². The average molecular weight is 253 g/mol. The highest BCUT2D eigenvalue weighted by atomic mass is 16.1. The molecule has 96 valence electrons. The summed E-state index contributed by atoms with van der Waals surface area (Å²) in [7, 11) is 0. The molecular formula is C15H15N3O. The smallest absolute Gasteiger partial charge is 0.257 e. The molecule has 0 aliphatic rings. The zero-order valence-electron chi connectivity index (χ0n) is 10.9. The van der Waals surface area contributed by atoms with E-state index < -0.39 is 0 Å². The van der Waals surface area contributed by atoms with Gasteiger partial charge >= 0.3 is 0 Å². The van der Waals surface area contributed by atoms with Crippen molar-refractivity contribution in [1.82, 2.24) is 15.0 Å². The Balaban J connectivity index is 0.000000637. The summed E-state index contributed by atoms with van der Waals surface area (Å²) >= 11 is 0. The summed E-state index contributed by atoms with van der Waals surface area (Å²) in [6.07, 6.45) is 5.06. The van der Waals surface area contributed by atoms with Gasteiger partial charge < -0.3 is 4.98 Å². The van der Waals surface area contributed by atoms with Crippen molar-refractivity contribution in [1.29, 1.82) is 0 Å². The van der Waals surface area contributed by atoms with Crippen LogP contribution in [-0.2, 0) is 0 Å². The zero-order valence-corrected chi connectivity index (χ0v) is 10.9. The molecule has 0 radical (unpaired) electrons. The SMILES string of the molecule is CC.O=c1[nH]c(-c2ccncc2)cc2ncccc12. The molecule has 0 atom stereocenters. The highest BCUT2D eigenvalue weighted by Gasteiger charge is 2.03. The number of hydrogen-bond acceptors (Lipinski definition) is 3. The van der Waals surface area contributed by atoms with Crippen molar-refractivity contribution < 1.29 is 0 Å². The quantitative estimate of drug-likeness (QED) is 0.725. The Morgan fingerprint density at radius 2 is 1.79 bits per heavy atom. The number of H-pyrrole nitrogens is 1. The van der Waals surface area contributed by atoms with Crippen LogP contribution in [0.25, 0.3) is 22.2 Å². The normalized spacial score (nSPS) is 9.79. The predicted octanol–water partition coefficient (Wildman–Crippen LogP) is 3.01. The van der Waals surface area contributed by atoms with Crippen molar-refractivity contribution >= 4 is 10.9 Å². The Morgan fingerprint density at radius 1 is 1.05 bits per heavy atom. The molecule has 3 aromatic rings. The van der Waals surface area contributed by atoms with E-state index in [1.54, 1.807) is 30.7 Å². The van der Waals surface area contributed by atoms with E-state index in [0.29, 0.717) is 10.9 Å². The Bertz CT molecular complexity index is 720. The van der Waals surface area contributed by atoms with Crippen LogP contribution in [0.2, 0.25) is 0 Å². The molecule has 0 unspecified atom stereocenters. The molecule has 1 N–H and O–H groups in total. The molecule has 3 aromatic heterocycles. The second-order valence-electron chi connectivity index (χ2n) is 3.68. The predicted molar refractivity (Wildman–Crippen MR) is 76.9 cm³/mol. The van der Waals surface area contributed by atoms with Gasteiger partial charge in [0.25, 0.3) is 5.56 Å². The number of pyridine rings is 3. The molecule has 19 heavy (non-hydrogen) atoms. The molecule has 0 bridgehead atoms. The van der Waals surface area contributed by atoms with Gasteiger partial charge in [-0.3, -0.25) is 14.8 Å². The number of rotatable bonds is 1. The first-order valence-electron chi connectivity index (χ1n) is 6.23. The molecule has 0 fully saturated rings. The third-order valence-electron chi connectivity index (χ3n) is 2.60. The number of aromatic amines is 1. The van der Waals surface area contributed by atoms with E-state index >= 15 is 0 Å². The summed E-state index contributed by atoms with van der Waals surface area (Å²) in [5, 5.41) is 0.602. The largest absolute Gasteiger partial charge is 0.321 e. The van der Waals surface area contributed by atoms with Gasteiger partial charge in [0.2, 0.25) is 0 Å². The van der Waals surface area contributed by atoms with Crippen LogP contribution in [0, 0.1) is 0 Å². The van der Waals surface area contributed by atoms with Crippen LogP contribution in [0.5, 0.6) is 0 Å². The monoisotopic (exact) mass is 253 g/mol. The maximum atomic E-state index is 11.9. The van der Waals surface area contributed by atoms with E-state index in [1.807, 2.05) is 32.0 Å². The third kappa shape index (κ3) is 2.68. The average Bonchev–Trinajstić information content (AvgIpc) is 2.50. The van der Waals surface area contributed by atoms with Crippen molar-refractivity contribution in [3.63, 3.8) is 0 Å². The van der Waals surface area contributed by atoms with Crippen LogP contribution in [0.4, 0.5) is 0 Å². The van der Waals surface area contributed by atoms with E-state index in [-0.39, 0.29) is 5.56 Å². The maximum absolute atomic E-state index is 11.9. The fourth-order valence-electron chi connectivity index (χ4n) is 1.77. The van der Waals surface area contributed by atoms with Crippen LogP contribution in [-0.4, -0.2) is 15.0 Å². The fraction of sp³-hybridized carbons (Fsp3) is 0.133. The topological polar surface area (TPSA) is 58.6 Å². The van der Waals surface area contributed by atoms with E-state index in [9.17, 15) is 4.79 Å². The molecule has 3 heterocycles. The summed E-state index contributed by atoms with van der Waals surface area (Å²) in [6.45, 7) is 4.00. The highest BCUT2D eigenvalue weighted by Crippen LogP contribution is 2.17. The minimum atomic E-state index is -0.123. The second kappa shape index (κ2) is 5.91. The molecule has 0 saturated carbocycles. The first kappa shape index (κ1) is 13.0. The number of nitrogens with zero attached hydrogens (tertiary/aromatic N) is 2. The van der Waals surface area contributed by atoms with E-state index in [2.05, 4.69) is 15.0 Å². The molecular weight excluding hydrogens is 238 g/mol. The van der Waals surface area contributed by atoms with Gasteiger partial charge in [-0.2, -0.15) is 0 Å². The molecule has 0 amide bonds. The second-order valence-corrected chi connectivity index (χ2v) is 3.68. The molecule has 3 rings (SSSR count). The molecule has 0 aromatic carbocycles. The third-order valence-corrected chi connectivity index (χ3v) is 2.60. The van der Waals surface area contributed by atoms with Crippen molar-refractivity contribution in [3.05, 3.63) is 59.3 Å². The van der Waals surface area contributed by atoms with E-state index in [0.717, 1.165) is 11.3 Å². The number of hydrogen-bond donors (Lipinski definition) is 1. The van der Waals surface area contributed by atoms with Gasteiger partial charge in [-0.1, -0.05) is 13.8 Å². The van der Waals surface area contributed by atoms with Crippen molar-refractivity contribution in [2.24, 2.45) is 0 Å². The van der Waals surface area contributed by atoms with Gasteiger partial charge in [-0.05, 0) is 30.3 Å². The summed E-state index contributed by atoms with van der Waals surface area (Å²) in [4.78, 5) is 22.8. The van der Waals surface area contributed by atoms with Crippen LogP contribution >= 0.6 is 0 Å². The number of nitrogens with one attached hydrogen (secondary N) is 1. The standard InChI is InChI=1S/C13H9N3O.C2H6/c17-13-10-2-1-5-15-12(10)8-11(16-13)9-3-6-14-7-4-9;1-2/h1-8H,(H,16,17);1-2H3. The first-order chi connectivity index (χ1) is 9.34. The Morgan fingerprint density at radius 3 is 2.53 bits per heavy atom. The fourth-order valence-corrected chi connectivity index (χ4v) is 1.77. The summed E-state index contributed by atoms with van der Waals surface area (Å²) in [5.74, 6) is 0. The Labute approximate surface area is 111 Å². The zero-order chi connectivity index (χ0) is 13.7. The Kier molecular flexibility index (Phi) is 4.03. The van der Waals surface area contributed by atoms with Crippen molar-refractivity contribution in [2.45, 2.75) is 13.8 Å². The number of fused-ring (bicyclic) bond motifs is 1. The van der Waals surface area contributed by atoms with Crippen LogP contribution in [0.15, 0.2) is 53.7 Å². The van der Waals surface area contributed by atoms with Crippen molar-refractivity contribution in [2.75, 3.05) is 0 Å². The van der Waals surface area contributed by atoms with Crippen LogP contribution < -0.4 is 5.56 Å². The summed E-state index contributed by atoms with van der Waals surface area (Å²) in [6, 6.07) is 9.08. The van der Waals surface area contributed by atoms with Gasteiger partial charge in [0.1, 0.15) is 0 Å². The summed E-state index contributed by atoms with van der Waals surface area (Å²) in [5.41, 5.74) is 2.25. The van der Waals surface area contributed by atoms with Crippen LogP contribution in [0.1, 0.15) is 13.8 Å². The number of aromatic nitrogens is 3. The first-order valence-corrected chi connectivity index (χ1v) is 6.23. The van der Waals surface area contributed by atoms with E-state index in [4.69, 9.17) is 0 Å². The lowest BCUT2D eigenvalue weighted by Crippen LogP contribution is -2.07. The van der Waals surface area contributed by atoms with Gasteiger partial charge in [0.15, 0.2) is 0 Å². The Hall–Kier alpha value is -2.49. The molecule has 0 saturated heterocycles. The minimum Gasteiger partial charge on any atom is -0.321 e. The van der Waals surface area contributed by atoms with Crippen molar-refractivity contribution in [3.8, 4) is 11.3 Å². The van der Waals surface area contributed by atoms with Gasteiger partial charge in [-0.25, -0.2) is 0 Å². The minimum absolute atomic E-state index is 0.123. The van der Waals surface area contributed by atoms with E-state index in [1.165, 1.54) is 0 Å². The van der Waals surface area contributed by atoms with Crippen LogP contribution in [0.3, 0.4) is 0 Å². The molecule has 4 nitrogen and oxygen atoms in total. The van der Waals surface area contributed by atoms with Gasteiger partial charge in [0, 0.05) is 24.2 Å². The molecule has 0 aliphatic carbocycles. The molecule has 0 aliphatic heterocycles. The summed E-state index contributed by atoms with van der Waals surface area (Å²) < 4.78 is 0. The molecule has 0 spiro atoms. The molecule has 4 heteroatoms.